The predicted molar refractivity (Wildman–Crippen MR) is 96.4 cm³/mol. The van der Waals surface area contributed by atoms with Crippen molar-refractivity contribution in [2.75, 3.05) is 0 Å². The highest BCUT2D eigenvalue weighted by atomic mass is 32.2. The van der Waals surface area contributed by atoms with Crippen LogP contribution in [0.5, 0.6) is 0 Å². The number of hydrogen-bond acceptors (Lipinski definition) is 8. The Kier molecular flexibility index (Phi) is 4.88. The molecule has 3 aromatic rings. The average molecular weight is 400 g/mol. The van der Waals surface area contributed by atoms with E-state index in [0.717, 1.165) is 12.8 Å². The second-order valence-corrected chi connectivity index (χ2v) is 7.97. The third-order valence-electron chi connectivity index (χ3n) is 3.99. The van der Waals surface area contributed by atoms with Crippen molar-refractivity contribution in [1.82, 2.24) is 19.8 Å². The zero-order valence-corrected chi connectivity index (χ0v) is 15.4. The van der Waals surface area contributed by atoms with Gasteiger partial charge >= 0.3 is 5.97 Å². The van der Waals surface area contributed by atoms with E-state index in [0.29, 0.717) is 11.4 Å². The number of pyridine rings is 1. The summed E-state index contributed by atoms with van der Waals surface area (Å²) in [6, 6.07) is 9.17. The molecule has 1 aromatic carbocycles. The summed E-state index contributed by atoms with van der Waals surface area (Å²) in [6.07, 6.45) is 4.86. The SMILES string of the molecule is O=C(OCc1nc(-c2cccnc2)no1)c1cccc(S(=O)(=O)NC2CC2)c1. The van der Waals surface area contributed by atoms with Crippen LogP contribution < -0.4 is 4.72 Å². The second-order valence-electron chi connectivity index (χ2n) is 6.25. The van der Waals surface area contributed by atoms with Gasteiger partial charge in [-0.25, -0.2) is 17.9 Å². The van der Waals surface area contributed by atoms with E-state index in [4.69, 9.17) is 9.26 Å². The number of ether oxygens (including phenoxy) is 1. The molecule has 0 radical (unpaired) electrons. The minimum atomic E-state index is -3.65. The van der Waals surface area contributed by atoms with Crippen molar-refractivity contribution in [3.63, 3.8) is 0 Å². The maximum Gasteiger partial charge on any atom is 0.338 e. The maximum absolute atomic E-state index is 12.3. The van der Waals surface area contributed by atoms with E-state index in [9.17, 15) is 13.2 Å². The summed E-state index contributed by atoms with van der Waals surface area (Å²) in [5, 5.41) is 3.81. The van der Waals surface area contributed by atoms with Crippen molar-refractivity contribution in [1.29, 1.82) is 0 Å². The van der Waals surface area contributed by atoms with Gasteiger partial charge in [-0.1, -0.05) is 11.2 Å². The molecule has 2 heterocycles. The first kappa shape index (κ1) is 18.3. The van der Waals surface area contributed by atoms with Crippen LogP contribution in [0.15, 0.2) is 58.2 Å². The monoisotopic (exact) mass is 400 g/mol. The van der Waals surface area contributed by atoms with Crippen molar-refractivity contribution >= 4 is 16.0 Å². The molecule has 0 bridgehead atoms. The Morgan fingerprint density at radius 2 is 2.11 bits per heavy atom. The highest BCUT2D eigenvalue weighted by molar-refractivity contribution is 7.89. The molecule has 0 atom stereocenters. The van der Waals surface area contributed by atoms with Crippen LogP contribution in [0.1, 0.15) is 29.1 Å². The van der Waals surface area contributed by atoms with Crippen LogP contribution >= 0.6 is 0 Å². The van der Waals surface area contributed by atoms with Crippen molar-refractivity contribution in [2.45, 2.75) is 30.4 Å². The standard InChI is InChI=1S/C18H16N4O5S/c23-18(12-3-1-5-15(9-12)28(24,25)22-14-6-7-14)26-11-16-20-17(21-27-16)13-4-2-8-19-10-13/h1-5,8-10,14,22H,6-7,11H2. The van der Waals surface area contributed by atoms with Gasteiger partial charge < -0.3 is 9.26 Å². The van der Waals surface area contributed by atoms with E-state index < -0.39 is 16.0 Å². The van der Waals surface area contributed by atoms with Crippen LogP contribution in [0.25, 0.3) is 11.4 Å². The van der Waals surface area contributed by atoms with Gasteiger partial charge in [-0.05, 0) is 43.2 Å². The molecule has 1 aliphatic carbocycles. The molecule has 2 aromatic heterocycles. The smallest absolute Gasteiger partial charge is 0.338 e. The molecule has 1 saturated carbocycles. The van der Waals surface area contributed by atoms with Crippen LogP contribution in [0, 0.1) is 0 Å². The van der Waals surface area contributed by atoms with Crippen molar-refractivity contribution in [3.05, 3.63) is 60.2 Å². The van der Waals surface area contributed by atoms with E-state index in [1.807, 2.05) is 0 Å². The minimum Gasteiger partial charge on any atom is -0.452 e. The summed E-state index contributed by atoms with van der Waals surface area (Å²) < 4.78 is 37.3. The molecule has 4 rings (SSSR count). The number of benzene rings is 1. The van der Waals surface area contributed by atoms with Gasteiger partial charge in [0, 0.05) is 24.0 Å². The van der Waals surface area contributed by atoms with E-state index in [1.165, 1.54) is 24.3 Å². The Bertz CT molecular complexity index is 1090. The molecule has 0 unspecified atom stereocenters. The number of aromatic nitrogens is 3. The molecule has 0 aliphatic heterocycles. The van der Waals surface area contributed by atoms with Gasteiger partial charge in [0.25, 0.3) is 5.89 Å². The molecule has 0 spiro atoms. The fourth-order valence-electron chi connectivity index (χ4n) is 2.42. The molecule has 28 heavy (non-hydrogen) atoms. The molecule has 9 nitrogen and oxygen atoms in total. The maximum atomic E-state index is 12.3. The van der Waals surface area contributed by atoms with E-state index in [2.05, 4.69) is 19.8 Å². The Hall–Kier alpha value is -3.11. The largest absolute Gasteiger partial charge is 0.452 e. The molecule has 1 N–H and O–H groups in total. The van der Waals surface area contributed by atoms with Crippen LogP contribution in [-0.4, -0.2) is 35.6 Å². The number of nitrogens with zero attached hydrogens (tertiary/aromatic N) is 3. The highest BCUT2D eigenvalue weighted by Gasteiger charge is 2.28. The molecule has 10 heteroatoms. The summed E-state index contributed by atoms with van der Waals surface area (Å²) in [5.41, 5.74) is 0.788. The third-order valence-corrected chi connectivity index (χ3v) is 5.51. The lowest BCUT2D eigenvalue weighted by molar-refractivity contribution is 0.0429. The fourth-order valence-corrected chi connectivity index (χ4v) is 3.77. The summed E-state index contributed by atoms with van der Waals surface area (Å²) in [5.74, 6) is -0.241. The summed E-state index contributed by atoms with van der Waals surface area (Å²) in [4.78, 5) is 20.4. The van der Waals surface area contributed by atoms with Crippen molar-refractivity contribution in [2.24, 2.45) is 0 Å². The van der Waals surface area contributed by atoms with Crippen LogP contribution in [0.4, 0.5) is 0 Å². The number of carbonyl (C=O) groups excluding carboxylic acids is 1. The van der Waals surface area contributed by atoms with E-state index in [1.54, 1.807) is 24.5 Å². The molecule has 1 fully saturated rings. The Labute approximate surface area is 160 Å². The normalized spacial score (nSPS) is 14.0. The van der Waals surface area contributed by atoms with Crippen LogP contribution in [-0.2, 0) is 21.4 Å². The Balaban J connectivity index is 1.42. The molecule has 1 aliphatic rings. The second kappa shape index (κ2) is 7.49. The lowest BCUT2D eigenvalue weighted by Crippen LogP contribution is -2.25. The first-order valence-electron chi connectivity index (χ1n) is 8.54. The van der Waals surface area contributed by atoms with Gasteiger partial charge in [0.05, 0.1) is 10.5 Å². The van der Waals surface area contributed by atoms with Gasteiger partial charge in [0.1, 0.15) is 0 Å². The molecular formula is C18H16N4O5S. The van der Waals surface area contributed by atoms with Gasteiger partial charge in [-0.15, -0.1) is 0 Å². The average Bonchev–Trinajstić information content (AvgIpc) is 3.39. The van der Waals surface area contributed by atoms with Crippen molar-refractivity contribution < 1.29 is 22.5 Å². The molecular weight excluding hydrogens is 384 g/mol. The van der Waals surface area contributed by atoms with Gasteiger partial charge in [0.15, 0.2) is 6.61 Å². The quantitative estimate of drug-likeness (QED) is 0.597. The number of sulfonamides is 1. The first-order chi connectivity index (χ1) is 13.5. The minimum absolute atomic E-state index is 0.0190. The van der Waals surface area contributed by atoms with Crippen LogP contribution in [0.3, 0.4) is 0 Å². The molecule has 0 amide bonds. The van der Waals surface area contributed by atoms with Gasteiger partial charge in [-0.3, -0.25) is 4.98 Å². The zero-order valence-electron chi connectivity index (χ0n) is 14.6. The summed E-state index contributed by atoms with van der Waals surface area (Å²) >= 11 is 0. The number of carbonyl (C=O) groups is 1. The lowest BCUT2D eigenvalue weighted by atomic mass is 10.2. The number of nitrogens with one attached hydrogen (secondary N) is 1. The topological polar surface area (TPSA) is 124 Å². The van der Waals surface area contributed by atoms with E-state index >= 15 is 0 Å². The van der Waals surface area contributed by atoms with Gasteiger partial charge in [-0.2, -0.15) is 4.98 Å². The van der Waals surface area contributed by atoms with Crippen molar-refractivity contribution in [3.8, 4) is 11.4 Å². The number of esters is 1. The van der Waals surface area contributed by atoms with E-state index in [-0.39, 0.29) is 29.0 Å². The summed E-state index contributed by atoms with van der Waals surface area (Å²) in [6.45, 7) is -0.233. The number of hydrogen-bond donors (Lipinski definition) is 1. The fraction of sp³-hybridized carbons (Fsp3) is 0.222. The predicted octanol–water partition coefficient (Wildman–Crippen LogP) is 1.93. The third kappa shape index (κ3) is 4.24. The molecule has 0 saturated heterocycles. The number of rotatable bonds is 7. The molecule has 144 valence electrons. The summed E-state index contributed by atoms with van der Waals surface area (Å²) in [7, 11) is -3.65. The Morgan fingerprint density at radius 1 is 1.25 bits per heavy atom. The highest BCUT2D eigenvalue weighted by Crippen LogP contribution is 2.22. The van der Waals surface area contributed by atoms with Crippen LogP contribution in [0.2, 0.25) is 0 Å². The first-order valence-corrected chi connectivity index (χ1v) is 10.0. The van der Waals surface area contributed by atoms with Gasteiger partial charge in [0.2, 0.25) is 15.8 Å². The zero-order chi connectivity index (χ0) is 19.6. The Morgan fingerprint density at radius 3 is 2.86 bits per heavy atom. The lowest BCUT2D eigenvalue weighted by Gasteiger charge is -2.07.